The Morgan fingerprint density at radius 2 is 2.21 bits per heavy atom. The maximum absolute atomic E-state index is 11.8. The zero-order valence-electron chi connectivity index (χ0n) is 11.0. The van der Waals surface area contributed by atoms with Crippen molar-refractivity contribution < 1.29 is 4.79 Å². The van der Waals surface area contributed by atoms with Crippen LogP contribution >= 0.6 is 0 Å². The number of nitrogens with one attached hydrogen (secondary N) is 1. The van der Waals surface area contributed by atoms with Crippen LogP contribution < -0.4 is 5.32 Å². The van der Waals surface area contributed by atoms with Crippen molar-refractivity contribution in [2.24, 2.45) is 0 Å². The van der Waals surface area contributed by atoms with Gasteiger partial charge in [0.2, 0.25) is 5.91 Å². The Morgan fingerprint density at radius 1 is 1.37 bits per heavy atom. The van der Waals surface area contributed by atoms with Crippen LogP contribution in [0.3, 0.4) is 0 Å². The average molecular weight is 255 g/mol. The minimum Gasteiger partial charge on any atom is -0.344 e. The number of rotatable bonds is 3. The third kappa shape index (κ3) is 2.31. The van der Waals surface area contributed by atoms with Gasteiger partial charge in [-0.3, -0.25) is 9.78 Å². The number of aromatic nitrogens is 1. The fourth-order valence-electron chi connectivity index (χ4n) is 2.56. The number of likely N-dealkylation sites (N-methyl/N-ethyl adjacent to an activating group) is 1. The number of benzene rings is 1. The summed E-state index contributed by atoms with van der Waals surface area (Å²) in [5.74, 6) is 0.188. The summed E-state index contributed by atoms with van der Waals surface area (Å²) >= 11 is 0. The molecule has 0 bridgehead atoms. The van der Waals surface area contributed by atoms with Crippen molar-refractivity contribution in [1.29, 1.82) is 0 Å². The SMILES string of the molecule is CN1CCC(NCc2cncc3ccccc23)C1=O. The molecule has 1 aromatic carbocycles. The van der Waals surface area contributed by atoms with Gasteiger partial charge < -0.3 is 10.2 Å². The lowest BCUT2D eigenvalue weighted by Crippen LogP contribution is -2.36. The maximum Gasteiger partial charge on any atom is 0.239 e. The molecule has 1 N–H and O–H groups in total. The van der Waals surface area contributed by atoms with Crippen LogP contribution in [0.15, 0.2) is 36.7 Å². The van der Waals surface area contributed by atoms with E-state index in [1.165, 1.54) is 5.39 Å². The molecule has 0 radical (unpaired) electrons. The first kappa shape index (κ1) is 12.1. The number of likely N-dealkylation sites (tertiary alicyclic amines) is 1. The molecule has 2 heterocycles. The molecule has 4 heteroatoms. The van der Waals surface area contributed by atoms with Gasteiger partial charge in [0.25, 0.3) is 0 Å². The maximum atomic E-state index is 11.8. The second-order valence-corrected chi connectivity index (χ2v) is 5.00. The standard InChI is InChI=1S/C15H17N3O/c1-18-7-6-14(15(18)19)17-10-12-9-16-8-11-4-2-3-5-13(11)12/h2-5,8-9,14,17H,6-7,10H2,1H3. The third-order valence-corrected chi connectivity index (χ3v) is 3.72. The molecular formula is C15H17N3O. The van der Waals surface area contributed by atoms with Crippen molar-refractivity contribution >= 4 is 16.7 Å². The van der Waals surface area contributed by atoms with Crippen LogP contribution in [0.4, 0.5) is 0 Å². The number of fused-ring (bicyclic) bond motifs is 1. The summed E-state index contributed by atoms with van der Waals surface area (Å²) < 4.78 is 0. The lowest BCUT2D eigenvalue weighted by atomic mass is 10.1. The highest BCUT2D eigenvalue weighted by Gasteiger charge is 2.28. The Bertz CT molecular complexity index is 606. The predicted octanol–water partition coefficient (Wildman–Crippen LogP) is 1.56. The molecule has 4 nitrogen and oxygen atoms in total. The first-order valence-electron chi connectivity index (χ1n) is 6.55. The highest BCUT2D eigenvalue weighted by atomic mass is 16.2. The molecule has 1 unspecified atom stereocenters. The summed E-state index contributed by atoms with van der Waals surface area (Å²) in [4.78, 5) is 17.9. The number of amides is 1. The molecule has 0 saturated carbocycles. The number of hydrogen-bond donors (Lipinski definition) is 1. The van der Waals surface area contributed by atoms with Gasteiger partial charge >= 0.3 is 0 Å². The largest absolute Gasteiger partial charge is 0.344 e. The highest BCUT2D eigenvalue weighted by Crippen LogP contribution is 2.17. The van der Waals surface area contributed by atoms with E-state index >= 15 is 0 Å². The molecule has 2 aromatic rings. The van der Waals surface area contributed by atoms with Crippen molar-refractivity contribution in [1.82, 2.24) is 15.2 Å². The smallest absolute Gasteiger partial charge is 0.239 e. The van der Waals surface area contributed by atoms with Crippen LogP contribution in [-0.4, -0.2) is 35.4 Å². The normalized spacial score (nSPS) is 19.3. The number of carbonyl (C=O) groups is 1. The summed E-state index contributed by atoms with van der Waals surface area (Å²) in [5.41, 5.74) is 1.14. The van der Waals surface area contributed by atoms with Gasteiger partial charge in [0.1, 0.15) is 0 Å². The number of carbonyl (C=O) groups excluding carboxylic acids is 1. The molecule has 1 atom stereocenters. The van der Waals surface area contributed by atoms with Crippen molar-refractivity contribution in [2.45, 2.75) is 19.0 Å². The molecule has 1 aliphatic rings. The van der Waals surface area contributed by atoms with Crippen LogP contribution in [0.25, 0.3) is 10.8 Å². The van der Waals surface area contributed by atoms with Gasteiger partial charge in [-0.2, -0.15) is 0 Å². The van der Waals surface area contributed by atoms with Gasteiger partial charge in [0, 0.05) is 37.9 Å². The molecule has 1 aliphatic heterocycles. The second kappa shape index (κ2) is 4.97. The lowest BCUT2D eigenvalue weighted by molar-refractivity contribution is -0.128. The van der Waals surface area contributed by atoms with Crippen LogP contribution in [0, 0.1) is 0 Å². The number of nitrogens with zero attached hydrogens (tertiary/aromatic N) is 2. The fraction of sp³-hybridized carbons (Fsp3) is 0.333. The predicted molar refractivity (Wildman–Crippen MR) is 74.6 cm³/mol. The first-order chi connectivity index (χ1) is 9.25. The van der Waals surface area contributed by atoms with E-state index in [9.17, 15) is 4.79 Å². The average Bonchev–Trinajstić information content (AvgIpc) is 2.76. The van der Waals surface area contributed by atoms with Gasteiger partial charge in [-0.25, -0.2) is 0 Å². The summed E-state index contributed by atoms with van der Waals surface area (Å²) in [5, 5.41) is 5.67. The summed E-state index contributed by atoms with van der Waals surface area (Å²) in [6, 6.07) is 8.14. The Balaban J connectivity index is 1.77. The number of pyridine rings is 1. The highest BCUT2D eigenvalue weighted by molar-refractivity contribution is 5.85. The molecule has 1 aromatic heterocycles. The lowest BCUT2D eigenvalue weighted by Gasteiger charge is -2.13. The van der Waals surface area contributed by atoms with Crippen molar-refractivity contribution in [2.75, 3.05) is 13.6 Å². The Hall–Kier alpha value is -1.94. The Labute approximate surface area is 112 Å². The van der Waals surface area contributed by atoms with Crippen LogP contribution in [0.1, 0.15) is 12.0 Å². The van der Waals surface area contributed by atoms with Gasteiger partial charge in [-0.15, -0.1) is 0 Å². The van der Waals surface area contributed by atoms with E-state index in [2.05, 4.69) is 22.4 Å². The van der Waals surface area contributed by atoms with E-state index in [-0.39, 0.29) is 11.9 Å². The summed E-state index contributed by atoms with van der Waals surface area (Å²) in [7, 11) is 1.85. The molecular weight excluding hydrogens is 238 g/mol. The molecule has 98 valence electrons. The van der Waals surface area contributed by atoms with Crippen LogP contribution in [0.2, 0.25) is 0 Å². The molecule has 0 spiro atoms. The molecule has 19 heavy (non-hydrogen) atoms. The van der Waals surface area contributed by atoms with Gasteiger partial charge in [0.15, 0.2) is 0 Å². The topological polar surface area (TPSA) is 45.2 Å². The molecule has 0 aliphatic carbocycles. The summed E-state index contributed by atoms with van der Waals surface area (Å²) in [6.07, 6.45) is 4.62. The minimum absolute atomic E-state index is 0.0519. The van der Waals surface area contributed by atoms with Gasteiger partial charge in [0.05, 0.1) is 6.04 Å². The van der Waals surface area contributed by atoms with Crippen LogP contribution in [-0.2, 0) is 11.3 Å². The minimum atomic E-state index is -0.0519. The zero-order chi connectivity index (χ0) is 13.2. The second-order valence-electron chi connectivity index (χ2n) is 5.00. The van der Waals surface area contributed by atoms with Crippen molar-refractivity contribution in [3.05, 3.63) is 42.2 Å². The van der Waals surface area contributed by atoms with E-state index in [0.717, 1.165) is 23.9 Å². The van der Waals surface area contributed by atoms with Crippen LogP contribution in [0.5, 0.6) is 0 Å². The first-order valence-corrected chi connectivity index (χ1v) is 6.55. The fourth-order valence-corrected chi connectivity index (χ4v) is 2.56. The van der Waals surface area contributed by atoms with E-state index < -0.39 is 0 Å². The van der Waals surface area contributed by atoms with Crippen molar-refractivity contribution in [3.8, 4) is 0 Å². The summed E-state index contributed by atoms with van der Waals surface area (Å²) in [6.45, 7) is 1.52. The Morgan fingerprint density at radius 3 is 3.00 bits per heavy atom. The zero-order valence-corrected chi connectivity index (χ0v) is 11.0. The van der Waals surface area contributed by atoms with Gasteiger partial charge in [-0.05, 0) is 17.4 Å². The Kier molecular flexibility index (Phi) is 3.17. The van der Waals surface area contributed by atoms with E-state index in [4.69, 9.17) is 0 Å². The van der Waals surface area contributed by atoms with E-state index in [1.54, 1.807) is 4.90 Å². The third-order valence-electron chi connectivity index (χ3n) is 3.72. The molecule has 1 saturated heterocycles. The van der Waals surface area contributed by atoms with E-state index in [0.29, 0.717) is 6.54 Å². The quantitative estimate of drug-likeness (QED) is 0.905. The van der Waals surface area contributed by atoms with Crippen molar-refractivity contribution in [3.63, 3.8) is 0 Å². The molecule has 1 amide bonds. The molecule has 1 fully saturated rings. The van der Waals surface area contributed by atoms with E-state index in [1.807, 2.05) is 31.6 Å². The van der Waals surface area contributed by atoms with Gasteiger partial charge in [-0.1, -0.05) is 24.3 Å². The number of hydrogen-bond acceptors (Lipinski definition) is 3. The monoisotopic (exact) mass is 255 g/mol. The molecule has 3 rings (SSSR count).